The molecule has 0 bridgehead atoms. The molecule has 17 heavy (non-hydrogen) atoms. The van der Waals surface area contributed by atoms with Crippen molar-refractivity contribution in [2.45, 2.75) is 65.0 Å². The van der Waals surface area contributed by atoms with Crippen LogP contribution in [0.4, 0.5) is 0 Å². The van der Waals surface area contributed by atoms with Gasteiger partial charge in [0, 0.05) is 24.2 Å². The fourth-order valence-corrected chi connectivity index (χ4v) is 2.94. The van der Waals surface area contributed by atoms with Crippen molar-refractivity contribution in [1.29, 1.82) is 0 Å². The van der Waals surface area contributed by atoms with Crippen molar-refractivity contribution < 1.29 is 0 Å². The Morgan fingerprint density at radius 2 is 2.24 bits per heavy atom. The van der Waals surface area contributed by atoms with E-state index < -0.39 is 0 Å². The fourth-order valence-electron chi connectivity index (χ4n) is 2.94. The van der Waals surface area contributed by atoms with Gasteiger partial charge in [0.15, 0.2) is 0 Å². The van der Waals surface area contributed by atoms with E-state index in [0.717, 1.165) is 6.54 Å². The van der Waals surface area contributed by atoms with Gasteiger partial charge in [0.05, 0.1) is 5.69 Å². The van der Waals surface area contributed by atoms with Crippen LogP contribution in [0.25, 0.3) is 0 Å². The maximum atomic E-state index is 4.88. The zero-order valence-electron chi connectivity index (χ0n) is 11.6. The summed E-state index contributed by atoms with van der Waals surface area (Å²) in [5.74, 6) is 1.81. The molecule has 3 heteroatoms. The molecule has 0 amide bonds. The van der Waals surface area contributed by atoms with Gasteiger partial charge in [-0.2, -0.15) is 0 Å². The van der Waals surface area contributed by atoms with E-state index in [-0.39, 0.29) is 0 Å². The van der Waals surface area contributed by atoms with Crippen molar-refractivity contribution in [1.82, 2.24) is 14.9 Å². The molecule has 1 N–H and O–H groups in total. The van der Waals surface area contributed by atoms with Crippen molar-refractivity contribution in [3.8, 4) is 0 Å². The Morgan fingerprint density at radius 1 is 1.47 bits per heavy atom. The molecule has 1 aliphatic heterocycles. The lowest BCUT2D eigenvalue weighted by Gasteiger charge is -2.27. The summed E-state index contributed by atoms with van der Waals surface area (Å²) in [6.07, 6.45) is 5.06. The monoisotopic (exact) mass is 235 g/mol. The fraction of sp³-hybridized carbons (Fsp3) is 0.786. The highest BCUT2D eigenvalue weighted by Gasteiger charge is 2.26. The molecule has 3 nitrogen and oxygen atoms in total. The second-order valence-corrected chi connectivity index (χ2v) is 5.37. The van der Waals surface area contributed by atoms with Crippen LogP contribution in [0.15, 0.2) is 0 Å². The summed E-state index contributed by atoms with van der Waals surface area (Å²) in [6.45, 7) is 7.69. The second kappa shape index (κ2) is 5.21. The van der Waals surface area contributed by atoms with Crippen LogP contribution >= 0.6 is 0 Å². The van der Waals surface area contributed by atoms with Gasteiger partial charge in [-0.25, -0.2) is 4.98 Å². The third-order valence-corrected chi connectivity index (χ3v) is 3.77. The zero-order valence-corrected chi connectivity index (χ0v) is 11.6. The largest absolute Gasteiger partial charge is 0.328 e. The molecule has 1 aliphatic rings. The number of rotatable bonds is 4. The summed E-state index contributed by atoms with van der Waals surface area (Å²) in [4.78, 5) is 4.88. The second-order valence-electron chi connectivity index (χ2n) is 5.37. The highest BCUT2D eigenvalue weighted by molar-refractivity contribution is 5.22. The SMILES string of the molecule is CCC1CCCc2c(CNC)nc(C(C)C)n21. The van der Waals surface area contributed by atoms with Crippen LogP contribution in [0.1, 0.15) is 69.2 Å². The molecule has 0 saturated carbocycles. The van der Waals surface area contributed by atoms with E-state index in [0.29, 0.717) is 12.0 Å². The standard InChI is InChI=1S/C14H25N3/c1-5-11-7-6-8-13-12(9-15-4)16-14(10(2)3)17(11)13/h10-11,15H,5-9H2,1-4H3. The van der Waals surface area contributed by atoms with E-state index >= 15 is 0 Å². The first-order valence-electron chi connectivity index (χ1n) is 6.93. The minimum Gasteiger partial charge on any atom is -0.328 e. The Kier molecular flexibility index (Phi) is 3.87. The van der Waals surface area contributed by atoms with E-state index in [2.05, 4.69) is 30.7 Å². The Morgan fingerprint density at radius 3 is 2.82 bits per heavy atom. The molecule has 0 aromatic carbocycles. The van der Waals surface area contributed by atoms with E-state index in [9.17, 15) is 0 Å². The van der Waals surface area contributed by atoms with Crippen molar-refractivity contribution in [3.63, 3.8) is 0 Å². The number of hydrogen-bond acceptors (Lipinski definition) is 2. The topological polar surface area (TPSA) is 29.9 Å². The molecule has 0 saturated heterocycles. The summed E-state index contributed by atoms with van der Waals surface area (Å²) in [5.41, 5.74) is 2.76. The van der Waals surface area contributed by atoms with Crippen LogP contribution in [0, 0.1) is 0 Å². The zero-order chi connectivity index (χ0) is 12.4. The van der Waals surface area contributed by atoms with Crippen LogP contribution < -0.4 is 5.32 Å². The van der Waals surface area contributed by atoms with Crippen molar-refractivity contribution in [2.24, 2.45) is 0 Å². The van der Waals surface area contributed by atoms with Gasteiger partial charge >= 0.3 is 0 Å². The molecule has 1 unspecified atom stereocenters. The Bertz CT molecular complexity index is 379. The lowest BCUT2D eigenvalue weighted by Crippen LogP contribution is -2.20. The van der Waals surface area contributed by atoms with Gasteiger partial charge < -0.3 is 9.88 Å². The molecule has 96 valence electrons. The molecule has 0 aliphatic carbocycles. The van der Waals surface area contributed by atoms with E-state index in [1.54, 1.807) is 0 Å². The first kappa shape index (κ1) is 12.6. The van der Waals surface area contributed by atoms with Crippen LogP contribution in [0.2, 0.25) is 0 Å². The molecule has 0 fully saturated rings. The summed E-state index contributed by atoms with van der Waals surface area (Å²) < 4.78 is 2.54. The van der Waals surface area contributed by atoms with Gasteiger partial charge in [0.1, 0.15) is 5.82 Å². The predicted molar refractivity (Wildman–Crippen MR) is 71.3 cm³/mol. The van der Waals surface area contributed by atoms with Crippen LogP contribution in [0.3, 0.4) is 0 Å². The van der Waals surface area contributed by atoms with Gasteiger partial charge in [-0.1, -0.05) is 20.8 Å². The molecule has 2 rings (SSSR count). The van der Waals surface area contributed by atoms with Gasteiger partial charge in [-0.3, -0.25) is 0 Å². The highest BCUT2D eigenvalue weighted by atomic mass is 15.1. The van der Waals surface area contributed by atoms with E-state index in [4.69, 9.17) is 4.98 Å². The first-order chi connectivity index (χ1) is 8.19. The molecule has 0 radical (unpaired) electrons. The smallest absolute Gasteiger partial charge is 0.112 e. The van der Waals surface area contributed by atoms with Crippen molar-refractivity contribution in [2.75, 3.05) is 7.05 Å². The number of nitrogens with zero attached hydrogens (tertiary/aromatic N) is 2. The Labute approximate surface area is 105 Å². The van der Waals surface area contributed by atoms with Gasteiger partial charge in [-0.15, -0.1) is 0 Å². The maximum Gasteiger partial charge on any atom is 0.112 e. The van der Waals surface area contributed by atoms with Gasteiger partial charge in [0.2, 0.25) is 0 Å². The summed E-state index contributed by atoms with van der Waals surface area (Å²) in [6, 6.07) is 0.675. The average Bonchev–Trinajstić information content (AvgIpc) is 2.69. The van der Waals surface area contributed by atoms with E-state index in [1.165, 1.54) is 42.9 Å². The Hall–Kier alpha value is -0.830. The van der Waals surface area contributed by atoms with Gasteiger partial charge in [-0.05, 0) is 32.7 Å². The summed E-state index contributed by atoms with van der Waals surface area (Å²) >= 11 is 0. The number of imidazole rings is 1. The van der Waals surface area contributed by atoms with Crippen LogP contribution in [-0.2, 0) is 13.0 Å². The van der Waals surface area contributed by atoms with Crippen molar-refractivity contribution >= 4 is 0 Å². The molecule has 1 aromatic heterocycles. The lowest BCUT2D eigenvalue weighted by atomic mass is 9.99. The Balaban J connectivity index is 2.47. The quantitative estimate of drug-likeness (QED) is 0.869. The predicted octanol–water partition coefficient (Wildman–Crippen LogP) is 3.01. The lowest BCUT2D eigenvalue weighted by molar-refractivity contribution is 0.374. The molecule has 1 atom stereocenters. The van der Waals surface area contributed by atoms with Crippen LogP contribution in [-0.4, -0.2) is 16.6 Å². The molecule has 0 spiro atoms. The third-order valence-electron chi connectivity index (χ3n) is 3.77. The number of nitrogens with one attached hydrogen (secondary N) is 1. The molecule has 1 aromatic rings. The van der Waals surface area contributed by atoms with Gasteiger partial charge in [0.25, 0.3) is 0 Å². The van der Waals surface area contributed by atoms with Crippen molar-refractivity contribution in [3.05, 3.63) is 17.2 Å². The normalized spacial score (nSPS) is 19.7. The first-order valence-corrected chi connectivity index (χ1v) is 6.93. The molecular formula is C14H25N3. The highest BCUT2D eigenvalue weighted by Crippen LogP contribution is 2.33. The molecule has 2 heterocycles. The maximum absolute atomic E-state index is 4.88. The third kappa shape index (κ3) is 2.25. The van der Waals surface area contributed by atoms with E-state index in [1.807, 2.05) is 7.05 Å². The number of hydrogen-bond donors (Lipinski definition) is 1. The molecular weight excluding hydrogens is 210 g/mol. The summed E-state index contributed by atoms with van der Waals surface area (Å²) in [7, 11) is 2.00. The number of fused-ring (bicyclic) bond motifs is 1. The van der Waals surface area contributed by atoms with Crippen LogP contribution in [0.5, 0.6) is 0 Å². The summed E-state index contributed by atoms with van der Waals surface area (Å²) in [5, 5.41) is 3.24. The minimum atomic E-state index is 0.520. The average molecular weight is 235 g/mol. The minimum absolute atomic E-state index is 0.520. The number of aromatic nitrogens is 2.